The summed E-state index contributed by atoms with van der Waals surface area (Å²) in [6.45, 7) is 1.58. The number of hydrogen-bond acceptors (Lipinski definition) is 2. The van der Waals surface area contributed by atoms with Gasteiger partial charge in [-0.2, -0.15) is 0 Å². The summed E-state index contributed by atoms with van der Waals surface area (Å²) < 4.78 is 19.3. The van der Waals surface area contributed by atoms with Crippen molar-refractivity contribution in [1.82, 2.24) is 0 Å². The quantitative estimate of drug-likeness (QED) is 0.790. The summed E-state index contributed by atoms with van der Waals surface area (Å²) in [6.07, 6.45) is 0. The lowest BCUT2D eigenvalue weighted by molar-refractivity contribution is 0.0921. The molecule has 0 bridgehead atoms. The van der Waals surface area contributed by atoms with Gasteiger partial charge in [-0.1, -0.05) is 28.1 Å². The Hall–Kier alpha value is -1.68. The summed E-state index contributed by atoms with van der Waals surface area (Å²) in [5, 5.41) is 0. The molecule has 0 unspecified atom stereocenters. The van der Waals surface area contributed by atoms with Gasteiger partial charge in [0, 0.05) is 10.0 Å². The standard InChI is InChI=1S/C15H12BrFO2/c1-10-7-13(5-6-14(10)17)19-9-15(18)11-3-2-4-12(16)8-11/h2-8H,9H2,1H3. The van der Waals surface area contributed by atoms with Crippen LogP contribution in [0.2, 0.25) is 0 Å². The largest absolute Gasteiger partial charge is 0.485 e. The van der Waals surface area contributed by atoms with Crippen LogP contribution in [0.5, 0.6) is 5.75 Å². The first-order chi connectivity index (χ1) is 9.06. The van der Waals surface area contributed by atoms with E-state index >= 15 is 0 Å². The average molecular weight is 323 g/mol. The van der Waals surface area contributed by atoms with Crippen molar-refractivity contribution in [3.63, 3.8) is 0 Å². The van der Waals surface area contributed by atoms with Gasteiger partial charge in [-0.15, -0.1) is 0 Å². The Morgan fingerprint density at radius 3 is 2.74 bits per heavy atom. The molecule has 0 saturated carbocycles. The van der Waals surface area contributed by atoms with Crippen molar-refractivity contribution in [3.05, 3.63) is 63.9 Å². The number of aryl methyl sites for hydroxylation is 1. The fraction of sp³-hybridized carbons (Fsp3) is 0.133. The number of hydrogen-bond donors (Lipinski definition) is 0. The van der Waals surface area contributed by atoms with Crippen LogP contribution in [0.3, 0.4) is 0 Å². The second-order valence-electron chi connectivity index (χ2n) is 4.13. The molecule has 0 amide bonds. The van der Waals surface area contributed by atoms with Crippen LogP contribution in [-0.4, -0.2) is 12.4 Å². The van der Waals surface area contributed by atoms with E-state index in [2.05, 4.69) is 15.9 Å². The first-order valence-corrected chi connectivity index (χ1v) is 6.53. The third kappa shape index (κ3) is 3.64. The first kappa shape index (κ1) is 13.7. The Balaban J connectivity index is 2.02. The highest BCUT2D eigenvalue weighted by Crippen LogP contribution is 2.17. The molecule has 0 aliphatic rings. The third-order valence-corrected chi connectivity index (χ3v) is 3.14. The van der Waals surface area contributed by atoms with Crippen LogP contribution in [0.15, 0.2) is 46.9 Å². The topological polar surface area (TPSA) is 26.3 Å². The van der Waals surface area contributed by atoms with Gasteiger partial charge in [0.1, 0.15) is 11.6 Å². The van der Waals surface area contributed by atoms with E-state index in [1.807, 2.05) is 6.07 Å². The molecule has 0 radical (unpaired) electrons. The van der Waals surface area contributed by atoms with Crippen LogP contribution in [0.25, 0.3) is 0 Å². The number of rotatable bonds is 4. The highest BCUT2D eigenvalue weighted by molar-refractivity contribution is 9.10. The fourth-order valence-electron chi connectivity index (χ4n) is 1.60. The number of halogens is 2. The van der Waals surface area contributed by atoms with E-state index in [1.54, 1.807) is 31.2 Å². The van der Waals surface area contributed by atoms with Crippen LogP contribution in [0, 0.1) is 12.7 Å². The maximum Gasteiger partial charge on any atom is 0.200 e. The first-order valence-electron chi connectivity index (χ1n) is 5.74. The molecule has 2 aromatic rings. The van der Waals surface area contributed by atoms with Gasteiger partial charge in [0.2, 0.25) is 0 Å². The fourth-order valence-corrected chi connectivity index (χ4v) is 2.00. The molecular weight excluding hydrogens is 311 g/mol. The maximum absolute atomic E-state index is 13.1. The Morgan fingerprint density at radius 1 is 1.26 bits per heavy atom. The normalized spacial score (nSPS) is 10.3. The smallest absolute Gasteiger partial charge is 0.200 e. The van der Waals surface area contributed by atoms with Gasteiger partial charge in [-0.3, -0.25) is 4.79 Å². The Bertz CT molecular complexity index is 611. The van der Waals surface area contributed by atoms with Gasteiger partial charge in [0.25, 0.3) is 0 Å². The minimum absolute atomic E-state index is 0.0679. The maximum atomic E-state index is 13.1. The second-order valence-corrected chi connectivity index (χ2v) is 5.05. The molecule has 0 aliphatic heterocycles. The lowest BCUT2D eigenvalue weighted by atomic mass is 10.1. The summed E-state index contributed by atoms with van der Waals surface area (Å²) >= 11 is 3.31. The van der Waals surface area contributed by atoms with Crippen LogP contribution in [0.4, 0.5) is 4.39 Å². The lowest BCUT2D eigenvalue weighted by Crippen LogP contribution is -2.11. The summed E-state index contributed by atoms with van der Waals surface area (Å²) in [7, 11) is 0. The SMILES string of the molecule is Cc1cc(OCC(=O)c2cccc(Br)c2)ccc1F. The van der Waals surface area contributed by atoms with Gasteiger partial charge < -0.3 is 4.74 Å². The minimum Gasteiger partial charge on any atom is -0.485 e. The Kier molecular flexibility index (Phi) is 4.32. The van der Waals surface area contributed by atoms with Crippen molar-refractivity contribution in [2.45, 2.75) is 6.92 Å². The van der Waals surface area contributed by atoms with Gasteiger partial charge >= 0.3 is 0 Å². The summed E-state index contributed by atoms with van der Waals surface area (Å²) in [4.78, 5) is 11.9. The van der Waals surface area contributed by atoms with Crippen LogP contribution < -0.4 is 4.74 Å². The number of ether oxygens (including phenoxy) is 1. The molecule has 0 saturated heterocycles. The predicted octanol–water partition coefficient (Wildman–Crippen LogP) is 4.16. The molecule has 0 atom stereocenters. The van der Waals surface area contributed by atoms with Crippen molar-refractivity contribution in [2.24, 2.45) is 0 Å². The number of ketones is 1. The van der Waals surface area contributed by atoms with Crippen molar-refractivity contribution in [2.75, 3.05) is 6.61 Å². The molecule has 2 nitrogen and oxygen atoms in total. The van der Waals surface area contributed by atoms with Gasteiger partial charge in [-0.25, -0.2) is 4.39 Å². The van der Waals surface area contributed by atoms with E-state index in [4.69, 9.17) is 4.74 Å². The zero-order valence-corrected chi connectivity index (χ0v) is 11.9. The minimum atomic E-state index is -0.286. The van der Waals surface area contributed by atoms with Gasteiger partial charge in [-0.05, 0) is 42.8 Å². The molecule has 2 aromatic carbocycles. The van der Waals surface area contributed by atoms with Crippen molar-refractivity contribution in [3.8, 4) is 5.75 Å². The average Bonchev–Trinajstić information content (AvgIpc) is 2.40. The molecule has 0 fully saturated rings. The van der Waals surface area contributed by atoms with E-state index in [9.17, 15) is 9.18 Å². The van der Waals surface area contributed by atoms with E-state index < -0.39 is 0 Å². The van der Waals surface area contributed by atoms with E-state index in [0.29, 0.717) is 16.9 Å². The summed E-state index contributed by atoms with van der Waals surface area (Å²) in [5.41, 5.74) is 1.07. The molecule has 2 rings (SSSR count). The van der Waals surface area contributed by atoms with E-state index in [1.165, 1.54) is 12.1 Å². The molecule has 0 N–H and O–H groups in total. The molecular formula is C15H12BrFO2. The predicted molar refractivity (Wildman–Crippen MR) is 75.1 cm³/mol. The molecule has 0 aliphatic carbocycles. The van der Waals surface area contributed by atoms with Gasteiger partial charge in [0.05, 0.1) is 0 Å². The highest BCUT2D eigenvalue weighted by Gasteiger charge is 2.08. The summed E-state index contributed by atoms with van der Waals surface area (Å²) in [5.74, 6) is 0.0798. The molecule has 0 spiro atoms. The zero-order chi connectivity index (χ0) is 13.8. The Morgan fingerprint density at radius 2 is 2.05 bits per heavy atom. The molecule has 19 heavy (non-hydrogen) atoms. The lowest BCUT2D eigenvalue weighted by Gasteiger charge is -2.07. The van der Waals surface area contributed by atoms with Crippen LogP contribution in [-0.2, 0) is 0 Å². The van der Waals surface area contributed by atoms with Crippen LogP contribution in [0.1, 0.15) is 15.9 Å². The summed E-state index contributed by atoms with van der Waals surface area (Å²) in [6, 6.07) is 11.5. The second kappa shape index (κ2) is 5.97. The van der Waals surface area contributed by atoms with Crippen molar-refractivity contribution >= 4 is 21.7 Å². The third-order valence-electron chi connectivity index (χ3n) is 2.65. The highest BCUT2D eigenvalue weighted by atomic mass is 79.9. The Labute approximate surface area is 119 Å². The number of benzene rings is 2. The van der Waals surface area contributed by atoms with Crippen molar-refractivity contribution in [1.29, 1.82) is 0 Å². The van der Waals surface area contributed by atoms with E-state index in [0.717, 1.165) is 4.47 Å². The number of carbonyl (C=O) groups is 1. The molecule has 4 heteroatoms. The molecule has 98 valence electrons. The molecule has 0 heterocycles. The zero-order valence-electron chi connectivity index (χ0n) is 10.3. The molecule has 0 aromatic heterocycles. The van der Waals surface area contributed by atoms with Crippen molar-refractivity contribution < 1.29 is 13.9 Å². The monoisotopic (exact) mass is 322 g/mol. The van der Waals surface area contributed by atoms with E-state index in [-0.39, 0.29) is 18.2 Å². The number of carbonyl (C=O) groups excluding carboxylic acids is 1. The number of Topliss-reactive ketones (excluding diaryl/α,β-unsaturated/α-hetero) is 1. The van der Waals surface area contributed by atoms with Crippen LogP contribution >= 0.6 is 15.9 Å². The van der Waals surface area contributed by atoms with Gasteiger partial charge in [0.15, 0.2) is 12.4 Å².